The van der Waals surface area contributed by atoms with Gasteiger partial charge in [-0.2, -0.15) is 0 Å². The molecule has 1 atom stereocenters. The number of methoxy groups -OCH3 is 2. The second-order valence-corrected chi connectivity index (χ2v) is 10.2. The molecule has 3 aromatic rings. The van der Waals surface area contributed by atoms with Crippen molar-refractivity contribution in [2.75, 3.05) is 40.4 Å². The Hall–Kier alpha value is -2.76. The summed E-state index contributed by atoms with van der Waals surface area (Å²) in [6, 6.07) is 20.0. The van der Waals surface area contributed by atoms with Gasteiger partial charge in [-0.3, -0.25) is 9.69 Å². The van der Waals surface area contributed by atoms with Crippen molar-refractivity contribution in [3.05, 3.63) is 71.3 Å². The number of likely N-dealkylation sites (tertiary alicyclic amines) is 1. The van der Waals surface area contributed by atoms with Crippen molar-refractivity contribution in [1.82, 2.24) is 9.80 Å². The van der Waals surface area contributed by atoms with E-state index in [4.69, 9.17) is 9.47 Å². The molecule has 6 heteroatoms. The Labute approximate surface area is 227 Å². The van der Waals surface area contributed by atoms with Crippen LogP contribution in [0.5, 0.6) is 11.5 Å². The molecule has 1 fully saturated rings. The first-order chi connectivity index (χ1) is 17.6. The lowest BCUT2D eigenvalue weighted by molar-refractivity contribution is -0.130. The highest BCUT2D eigenvalue weighted by Gasteiger charge is 2.26. The Kier molecular flexibility index (Phi) is 9.33. The Bertz CT molecular complexity index is 1210. The molecule has 0 spiro atoms. The van der Waals surface area contributed by atoms with Crippen molar-refractivity contribution < 1.29 is 14.3 Å². The minimum absolute atomic E-state index is 0. The second-order valence-electron chi connectivity index (χ2n) is 10.2. The number of halogens is 1. The van der Waals surface area contributed by atoms with Crippen LogP contribution in [-0.4, -0.2) is 62.1 Å². The fourth-order valence-corrected chi connectivity index (χ4v) is 5.90. The Morgan fingerprint density at radius 3 is 2.41 bits per heavy atom. The standard InChI is InChI=1S/C31H38N2O3.ClH/c1-35-29-20-26-13-17-33(31(34)22-27(26)21-30(29)36-2)18-14-28-9-5-6-15-32(28)16-12-23-10-11-24-7-3-4-8-25(24)19-23;/h3-4,7-8,10-11,19-21,28H,5-6,9,12-18,22H2,1-2H3;1H. The van der Waals surface area contributed by atoms with Crippen molar-refractivity contribution in [3.63, 3.8) is 0 Å². The van der Waals surface area contributed by atoms with E-state index >= 15 is 0 Å². The molecule has 2 aliphatic heterocycles. The van der Waals surface area contributed by atoms with Crippen molar-refractivity contribution >= 4 is 29.1 Å². The fourth-order valence-electron chi connectivity index (χ4n) is 5.90. The van der Waals surface area contributed by atoms with Gasteiger partial charge in [-0.25, -0.2) is 0 Å². The van der Waals surface area contributed by atoms with Crippen LogP contribution in [0, 0.1) is 0 Å². The third-order valence-corrected chi connectivity index (χ3v) is 8.03. The quantitative estimate of drug-likeness (QED) is 0.381. The summed E-state index contributed by atoms with van der Waals surface area (Å²) >= 11 is 0. The summed E-state index contributed by atoms with van der Waals surface area (Å²) in [4.78, 5) is 17.9. The van der Waals surface area contributed by atoms with Crippen LogP contribution in [0.2, 0.25) is 0 Å². The van der Waals surface area contributed by atoms with Crippen LogP contribution in [0.3, 0.4) is 0 Å². The molecule has 2 heterocycles. The van der Waals surface area contributed by atoms with Crippen LogP contribution in [0.4, 0.5) is 0 Å². The van der Waals surface area contributed by atoms with E-state index in [0.29, 0.717) is 18.2 Å². The van der Waals surface area contributed by atoms with E-state index in [9.17, 15) is 4.79 Å². The van der Waals surface area contributed by atoms with Crippen molar-refractivity contribution in [2.24, 2.45) is 0 Å². The number of benzene rings is 3. The summed E-state index contributed by atoms with van der Waals surface area (Å²) in [6.45, 7) is 3.85. The molecule has 37 heavy (non-hydrogen) atoms. The van der Waals surface area contributed by atoms with E-state index in [1.165, 1.54) is 41.2 Å². The zero-order valence-electron chi connectivity index (χ0n) is 22.1. The Balaban J connectivity index is 0.00000320. The lowest BCUT2D eigenvalue weighted by Gasteiger charge is -2.37. The molecule has 2 aliphatic rings. The summed E-state index contributed by atoms with van der Waals surface area (Å²) in [5, 5.41) is 2.62. The van der Waals surface area contributed by atoms with Crippen LogP contribution in [-0.2, 0) is 24.1 Å². The number of hydrogen-bond acceptors (Lipinski definition) is 4. The van der Waals surface area contributed by atoms with E-state index in [1.54, 1.807) is 14.2 Å². The van der Waals surface area contributed by atoms with Gasteiger partial charge in [0.2, 0.25) is 5.91 Å². The second kappa shape index (κ2) is 12.7. The van der Waals surface area contributed by atoms with E-state index in [-0.39, 0.29) is 18.3 Å². The van der Waals surface area contributed by atoms with Gasteiger partial charge in [-0.1, -0.05) is 48.9 Å². The van der Waals surface area contributed by atoms with E-state index < -0.39 is 0 Å². The number of carbonyl (C=O) groups excluding carboxylic acids is 1. The average molecular weight is 523 g/mol. The summed E-state index contributed by atoms with van der Waals surface area (Å²) in [5.74, 6) is 1.66. The van der Waals surface area contributed by atoms with Gasteiger partial charge in [0.05, 0.1) is 20.6 Å². The number of carbonyl (C=O) groups is 1. The highest BCUT2D eigenvalue weighted by atomic mass is 35.5. The minimum atomic E-state index is 0. The number of rotatable bonds is 8. The lowest BCUT2D eigenvalue weighted by atomic mass is 9.97. The first-order valence-corrected chi connectivity index (χ1v) is 13.4. The van der Waals surface area contributed by atoms with E-state index in [0.717, 1.165) is 56.8 Å². The normalized spacial score (nSPS) is 18.2. The molecular weight excluding hydrogens is 484 g/mol. The first kappa shape index (κ1) is 27.3. The summed E-state index contributed by atoms with van der Waals surface area (Å²) in [7, 11) is 3.30. The molecular formula is C31H39ClN2O3. The minimum Gasteiger partial charge on any atom is -0.493 e. The molecule has 0 aromatic heterocycles. The monoisotopic (exact) mass is 522 g/mol. The molecule has 1 unspecified atom stereocenters. The molecule has 0 N–H and O–H groups in total. The molecule has 198 valence electrons. The van der Waals surface area contributed by atoms with Crippen LogP contribution in [0.1, 0.15) is 42.4 Å². The molecule has 0 saturated carbocycles. The van der Waals surface area contributed by atoms with E-state index in [2.05, 4.69) is 52.3 Å². The van der Waals surface area contributed by atoms with Crippen LogP contribution < -0.4 is 9.47 Å². The topological polar surface area (TPSA) is 42.0 Å². The first-order valence-electron chi connectivity index (χ1n) is 13.4. The van der Waals surface area contributed by atoms with Crippen molar-refractivity contribution in [1.29, 1.82) is 0 Å². The van der Waals surface area contributed by atoms with Gasteiger partial charge in [0.15, 0.2) is 11.5 Å². The largest absolute Gasteiger partial charge is 0.493 e. The van der Waals surface area contributed by atoms with Crippen molar-refractivity contribution in [3.8, 4) is 11.5 Å². The summed E-state index contributed by atoms with van der Waals surface area (Å²) in [5.41, 5.74) is 3.66. The van der Waals surface area contributed by atoms with E-state index in [1.807, 2.05) is 12.1 Å². The van der Waals surface area contributed by atoms with Gasteiger partial charge in [0, 0.05) is 25.7 Å². The maximum atomic E-state index is 13.1. The molecule has 5 rings (SSSR count). The summed E-state index contributed by atoms with van der Waals surface area (Å²) < 4.78 is 10.9. The highest BCUT2D eigenvalue weighted by Crippen LogP contribution is 2.32. The third kappa shape index (κ3) is 6.39. The number of nitrogens with zero attached hydrogens (tertiary/aromatic N) is 2. The number of fused-ring (bicyclic) bond motifs is 2. The Morgan fingerprint density at radius 1 is 0.865 bits per heavy atom. The molecule has 0 aliphatic carbocycles. The maximum absolute atomic E-state index is 13.1. The smallest absolute Gasteiger partial charge is 0.227 e. The predicted octanol–water partition coefficient (Wildman–Crippen LogP) is 5.69. The molecule has 1 saturated heterocycles. The predicted molar refractivity (Wildman–Crippen MR) is 152 cm³/mol. The number of amides is 1. The van der Waals surface area contributed by atoms with Crippen LogP contribution >= 0.6 is 12.4 Å². The van der Waals surface area contributed by atoms with Gasteiger partial charge < -0.3 is 14.4 Å². The van der Waals surface area contributed by atoms with Gasteiger partial charge in [-0.15, -0.1) is 12.4 Å². The third-order valence-electron chi connectivity index (χ3n) is 8.03. The highest BCUT2D eigenvalue weighted by molar-refractivity contribution is 5.85. The zero-order valence-corrected chi connectivity index (χ0v) is 22.9. The number of piperidine rings is 1. The lowest BCUT2D eigenvalue weighted by Crippen LogP contribution is -2.43. The number of ether oxygens (including phenoxy) is 2. The maximum Gasteiger partial charge on any atom is 0.227 e. The summed E-state index contributed by atoms with van der Waals surface area (Å²) in [6.07, 6.45) is 7.21. The average Bonchev–Trinajstić information content (AvgIpc) is 3.07. The van der Waals surface area contributed by atoms with Crippen LogP contribution in [0.15, 0.2) is 54.6 Å². The Morgan fingerprint density at radius 2 is 1.62 bits per heavy atom. The molecule has 0 radical (unpaired) electrons. The molecule has 0 bridgehead atoms. The fraction of sp³-hybridized carbons (Fsp3) is 0.452. The van der Waals surface area contributed by atoms with Gasteiger partial charge >= 0.3 is 0 Å². The molecule has 1 amide bonds. The molecule has 5 nitrogen and oxygen atoms in total. The number of hydrogen-bond donors (Lipinski definition) is 0. The van der Waals surface area contributed by atoms with Gasteiger partial charge in [0.1, 0.15) is 0 Å². The molecule has 3 aromatic carbocycles. The van der Waals surface area contributed by atoms with Crippen LogP contribution in [0.25, 0.3) is 10.8 Å². The zero-order chi connectivity index (χ0) is 24.9. The van der Waals surface area contributed by atoms with Gasteiger partial charge in [0.25, 0.3) is 0 Å². The van der Waals surface area contributed by atoms with Crippen molar-refractivity contribution in [2.45, 2.75) is 51.0 Å². The van der Waals surface area contributed by atoms with Gasteiger partial charge in [-0.05, 0) is 78.2 Å². The SMILES string of the molecule is COc1cc2c(cc1OC)CC(=O)N(CCC1CCCCN1CCc1ccc3ccccc3c1)CC2.Cl.